The van der Waals surface area contributed by atoms with Crippen molar-refractivity contribution < 1.29 is 28.7 Å². The van der Waals surface area contributed by atoms with E-state index in [9.17, 15) is 14.4 Å². The van der Waals surface area contributed by atoms with Gasteiger partial charge in [0.15, 0.2) is 0 Å². The van der Waals surface area contributed by atoms with Crippen molar-refractivity contribution in [3.8, 4) is 22.5 Å². The van der Waals surface area contributed by atoms with E-state index in [2.05, 4.69) is 66.0 Å². The van der Waals surface area contributed by atoms with Gasteiger partial charge in [-0.1, -0.05) is 76.0 Å². The first kappa shape index (κ1) is 46.7. The number of hydrogen-bond donors (Lipinski definition) is 5. The highest BCUT2D eigenvalue weighted by Crippen LogP contribution is 2.36. The third-order valence-corrected chi connectivity index (χ3v) is 12.3. The molecule has 0 bridgehead atoms. The van der Waals surface area contributed by atoms with E-state index in [4.69, 9.17) is 19.5 Å². The minimum atomic E-state index is -0.600. The number of H-pyrrole nitrogens is 2. The van der Waals surface area contributed by atoms with Crippen molar-refractivity contribution in [1.82, 2.24) is 45.8 Å². The number of hydrogen-bond acceptors (Lipinski definition) is 10. The van der Waals surface area contributed by atoms with Gasteiger partial charge in [-0.15, -0.1) is 0 Å². The zero-order chi connectivity index (χ0) is 44.4. The second-order valence-electron chi connectivity index (χ2n) is 16.7. The van der Waals surface area contributed by atoms with Crippen LogP contribution in [-0.4, -0.2) is 101 Å². The maximum atomic E-state index is 14.0. The summed E-state index contributed by atoms with van der Waals surface area (Å²) in [4.78, 5) is 70.1. The van der Waals surface area contributed by atoms with E-state index < -0.39 is 12.1 Å². The minimum absolute atomic E-state index is 0.0107. The molecule has 338 valence electrons. The summed E-state index contributed by atoms with van der Waals surface area (Å²) in [7, 11) is 4.41. The topological polar surface area (TPSA) is 196 Å². The summed E-state index contributed by atoms with van der Waals surface area (Å²) < 4.78 is 8.76. The molecule has 2 aliphatic carbocycles. The van der Waals surface area contributed by atoms with E-state index in [0.29, 0.717) is 26.1 Å². The van der Waals surface area contributed by atoms with E-state index in [1.54, 1.807) is 7.05 Å². The molecule has 2 aromatic carbocycles. The molecule has 5 aromatic rings. The fraction of sp³-hybridized carbons (Fsp3) is 0.521. The van der Waals surface area contributed by atoms with Crippen molar-refractivity contribution >= 4 is 46.2 Å². The highest BCUT2D eigenvalue weighted by Gasteiger charge is 2.40. The molecule has 2 atom stereocenters. The van der Waals surface area contributed by atoms with Crippen LogP contribution in [-0.2, 0) is 30.3 Å². The lowest BCUT2D eigenvalue weighted by Gasteiger charge is -2.34. The molecule has 3 aliphatic rings. The normalized spacial score (nSPS) is 16.9. The highest BCUT2D eigenvalue weighted by molar-refractivity contribution is 5.90. The largest absolute Gasteiger partial charge is 0.471 e. The maximum absolute atomic E-state index is 14.0. The molecule has 2 saturated carbocycles. The van der Waals surface area contributed by atoms with Gasteiger partial charge in [0.05, 0.1) is 55.4 Å². The van der Waals surface area contributed by atoms with Crippen LogP contribution in [0.1, 0.15) is 114 Å². The molecule has 5 N–H and O–H groups in total. The Hall–Kier alpha value is -5.83. The number of pyridine rings is 1. The average molecular weight is 864 g/mol. The number of aryl methyl sites for hydroxylation is 1. The molecule has 0 radical (unpaired) electrons. The summed E-state index contributed by atoms with van der Waals surface area (Å²) in [5.41, 5.74) is 5.55. The molecule has 3 fully saturated rings. The number of nitrogens with one attached hydrogen (secondary N) is 5. The molecule has 2 unspecified atom stereocenters. The third-order valence-electron chi connectivity index (χ3n) is 12.3. The summed E-state index contributed by atoms with van der Waals surface area (Å²) >= 11 is 0. The van der Waals surface area contributed by atoms with Gasteiger partial charge in [0.2, 0.25) is 11.8 Å². The van der Waals surface area contributed by atoms with Gasteiger partial charge < -0.3 is 40.3 Å². The number of likely N-dealkylation sites (tertiary alicyclic amines) is 1. The van der Waals surface area contributed by atoms with Crippen LogP contribution in [0.3, 0.4) is 0 Å². The Morgan fingerprint density at radius 3 is 2.29 bits per heavy atom. The fourth-order valence-corrected chi connectivity index (χ4v) is 8.91. The number of unbranched alkanes of at least 4 members (excludes halogenated alkanes) is 1. The minimum Gasteiger partial charge on any atom is -0.471 e. The second-order valence-corrected chi connectivity index (χ2v) is 16.7. The number of benzene rings is 2. The number of aromatic amines is 2. The van der Waals surface area contributed by atoms with Crippen LogP contribution in [0.5, 0.6) is 0 Å². The number of nitrogens with zero attached hydrogens (tertiary/aromatic N) is 4. The first-order valence-electron chi connectivity index (χ1n) is 22.8. The molecule has 8 rings (SSSR count). The Bertz CT molecular complexity index is 2230. The number of carbonyl (C=O) groups is 4. The van der Waals surface area contributed by atoms with Crippen molar-refractivity contribution in [2.75, 3.05) is 40.9 Å². The van der Waals surface area contributed by atoms with Crippen molar-refractivity contribution in [3.05, 3.63) is 66.5 Å². The summed E-state index contributed by atoms with van der Waals surface area (Å²) in [5, 5.41) is 10.7. The monoisotopic (exact) mass is 864 g/mol. The van der Waals surface area contributed by atoms with Crippen LogP contribution in [0.2, 0.25) is 0 Å². The van der Waals surface area contributed by atoms with Crippen LogP contribution < -0.4 is 16.0 Å². The molecule has 15 nitrogen and oxygen atoms in total. The zero-order valence-corrected chi connectivity index (χ0v) is 37.2. The number of fused-ring (bicyclic) bond motifs is 2. The number of carbonyl (C=O) groups excluding carboxylic acids is 4. The van der Waals surface area contributed by atoms with Crippen molar-refractivity contribution in [2.24, 2.45) is 5.92 Å². The summed E-state index contributed by atoms with van der Waals surface area (Å²) in [6.45, 7) is 1.99. The molecule has 3 amide bonds. The van der Waals surface area contributed by atoms with Gasteiger partial charge in [-0.2, -0.15) is 0 Å². The van der Waals surface area contributed by atoms with E-state index in [-0.39, 0.29) is 23.8 Å². The SMILES string of the molecule is C1CCCCC1.CNCC(=O)NCCCCc1ncc(-c2ccc3cc(-c4ccc5nc(C6CCCN6C(=O)C(NC(=O)OC)C6CCCCC6)[nH]c5c4)ncc3c2)[nH]1.COC=O. The summed E-state index contributed by atoms with van der Waals surface area (Å²) in [5.74, 6) is 1.75. The highest BCUT2D eigenvalue weighted by atomic mass is 16.5. The number of imidazole rings is 2. The standard InChI is InChI=1S/C40H49N9O4.C6H12.C2H4O2/c1-41-24-36(50)42-17-7-6-12-35-44-23-33(45-35)27-14-13-26-20-31(43-22-29(26)19-27)28-15-16-30-32(21-28)47-38(46-30)34-11-8-18-49(34)39(51)37(48-40(52)53-2)25-9-4-3-5-10-25;1-2-4-6-5-3-1;1-4-2-3/h13-16,19-23,25,34,37,41H,3-12,17-18,24H2,1-2H3,(H,42,50)(H,44,45)(H,46,47)(H,48,52);1-6H2;2H,1H3. The number of alkyl carbamates (subject to hydrolysis) is 1. The quantitative estimate of drug-likeness (QED) is 0.0540. The third kappa shape index (κ3) is 13.1. The van der Waals surface area contributed by atoms with Gasteiger partial charge in [0.1, 0.15) is 17.7 Å². The average Bonchev–Trinajstić information content (AvgIpc) is 4.12. The molecular weight excluding hydrogens is 799 g/mol. The van der Waals surface area contributed by atoms with E-state index >= 15 is 0 Å². The smallest absolute Gasteiger partial charge is 0.407 e. The summed E-state index contributed by atoms with van der Waals surface area (Å²) in [6.07, 6.45) is 21.7. The Morgan fingerprint density at radius 2 is 1.57 bits per heavy atom. The lowest BCUT2D eigenvalue weighted by atomic mass is 9.83. The second kappa shape index (κ2) is 24.1. The lowest BCUT2D eigenvalue weighted by molar-refractivity contribution is -0.136. The van der Waals surface area contributed by atoms with Crippen LogP contribution >= 0.6 is 0 Å². The van der Waals surface area contributed by atoms with Crippen LogP contribution in [0, 0.1) is 5.92 Å². The fourth-order valence-electron chi connectivity index (χ4n) is 8.91. The van der Waals surface area contributed by atoms with Gasteiger partial charge in [0, 0.05) is 42.2 Å². The Morgan fingerprint density at radius 1 is 0.841 bits per heavy atom. The Balaban J connectivity index is 0.000000588. The van der Waals surface area contributed by atoms with Gasteiger partial charge in [0.25, 0.3) is 6.47 Å². The van der Waals surface area contributed by atoms with Crippen molar-refractivity contribution in [3.63, 3.8) is 0 Å². The molecule has 1 aliphatic heterocycles. The molecule has 63 heavy (non-hydrogen) atoms. The van der Waals surface area contributed by atoms with Gasteiger partial charge >= 0.3 is 6.09 Å². The summed E-state index contributed by atoms with van der Waals surface area (Å²) in [6, 6.07) is 13.7. The molecule has 4 heterocycles. The number of likely N-dealkylation sites (N-methyl/N-ethyl adjacent to an activating group) is 1. The predicted molar refractivity (Wildman–Crippen MR) is 245 cm³/mol. The molecule has 3 aromatic heterocycles. The molecule has 15 heteroatoms. The zero-order valence-electron chi connectivity index (χ0n) is 37.2. The number of methoxy groups -OCH3 is 2. The number of amides is 3. The number of aromatic nitrogens is 5. The number of ether oxygens (including phenoxy) is 2. The van der Waals surface area contributed by atoms with E-state index in [0.717, 1.165) is 120 Å². The van der Waals surface area contributed by atoms with E-state index in [1.807, 2.05) is 29.4 Å². The Kier molecular flexibility index (Phi) is 17.9. The van der Waals surface area contributed by atoms with Crippen LogP contribution in [0.25, 0.3) is 44.3 Å². The van der Waals surface area contributed by atoms with Gasteiger partial charge in [-0.05, 0) is 81.1 Å². The first-order valence-corrected chi connectivity index (χ1v) is 22.8. The lowest BCUT2D eigenvalue weighted by Crippen LogP contribution is -2.52. The van der Waals surface area contributed by atoms with Crippen LogP contribution in [0.15, 0.2) is 54.9 Å². The van der Waals surface area contributed by atoms with E-state index in [1.165, 1.54) is 52.7 Å². The Labute approximate surface area is 370 Å². The van der Waals surface area contributed by atoms with Gasteiger partial charge in [-0.25, -0.2) is 14.8 Å². The van der Waals surface area contributed by atoms with Crippen molar-refractivity contribution in [2.45, 2.75) is 115 Å². The van der Waals surface area contributed by atoms with Crippen LogP contribution in [0.4, 0.5) is 4.79 Å². The first-order chi connectivity index (χ1) is 30.8. The molecule has 0 spiro atoms. The van der Waals surface area contributed by atoms with Crippen molar-refractivity contribution in [1.29, 1.82) is 0 Å². The predicted octanol–water partition coefficient (Wildman–Crippen LogP) is 7.92. The molecular formula is C48H65N9O6. The molecule has 1 saturated heterocycles. The van der Waals surface area contributed by atoms with Gasteiger partial charge in [-0.3, -0.25) is 19.4 Å². The maximum Gasteiger partial charge on any atom is 0.407 e. The number of rotatable bonds is 14.